The van der Waals surface area contributed by atoms with E-state index in [2.05, 4.69) is 47.7 Å². The minimum Gasteiger partial charge on any atom is -0.472 e. The number of aryl methyl sites for hydroxylation is 1. The van der Waals surface area contributed by atoms with Crippen molar-refractivity contribution in [3.05, 3.63) is 65.8 Å². The van der Waals surface area contributed by atoms with Crippen LogP contribution in [0.4, 0.5) is 4.79 Å². The maximum Gasteiger partial charge on any atom is 0.317 e. The van der Waals surface area contributed by atoms with E-state index >= 15 is 0 Å². The van der Waals surface area contributed by atoms with E-state index in [1.165, 1.54) is 27.6 Å². The van der Waals surface area contributed by atoms with Gasteiger partial charge in [0.2, 0.25) is 0 Å². The van der Waals surface area contributed by atoms with Crippen molar-refractivity contribution in [2.24, 2.45) is 0 Å². The first-order valence-electron chi connectivity index (χ1n) is 9.08. The maximum absolute atomic E-state index is 12.3. The minimum atomic E-state index is -0.0336. The van der Waals surface area contributed by atoms with Crippen molar-refractivity contribution in [3.63, 3.8) is 0 Å². The number of carbonyl (C=O) groups excluding carboxylic acids is 1. The predicted molar refractivity (Wildman–Crippen MR) is 103 cm³/mol. The van der Waals surface area contributed by atoms with Gasteiger partial charge in [-0.2, -0.15) is 0 Å². The number of furan rings is 1. The van der Waals surface area contributed by atoms with E-state index in [1.807, 2.05) is 11.0 Å². The van der Waals surface area contributed by atoms with Crippen LogP contribution in [-0.4, -0.2) is 29.0 Å². The highest BCUT2D eigenvalue weighted by Gasteiger charge is 2.19. The van der Waals surface area contributed by atoms with E-state index in [0.29, 0.717) is 13.1 Å². The Hall–Kier alpha value is -2.95. The number of amides is 2. The van der Waals surface area contributed by atoms with Crippen molar-refractivity contribution in [2.45, 2.75) is 26.3 Å². The summed E-state index contributed by atoms with van der Waals surface area (Å²) in [6, 6.07) is 8.29. The molecule has 5 heteroatoms. The quantitative estimate of drug-likeness (QED) is 0.737. The molecule has 3 heterocycles. The average molecular weight is 349 g/mol. The summed E-state index contributed by atoms with van der Waals surface area (Å²) in [6.07, 6.45) is 9.41. The Morgan fingerprint density at radius 1 is 1.35 bits per heavy atom. The monoisotopic (exact) mass is 349 g/mol. The van der Waals surface area contributed by atoms with Crippen molar-refractivity contribution in [1.82, 2.24) is 15.2 Å². The third-order valence-corrected chi connectivity index (χ3v) is 5.05. The molecule has 26 heavy (non-hydrogen) atoms. The Bertz CT molecular complexity index is 937. The van der Waals surface area contributed by atoms with Gasteiger partial charge in [-0.3, -0.25) is 0 Å². The van der Waals surface area contributed by atoms with Gasteiger partial charge in [-0.05, 0) is 30.0 Å². The lowest BCUT2D eigenvalue weighted by atomic mass is 9.98. The fraction of sp³-hybridized carbons (Fsp3) is 0.286. The third-order valence-electron chi connectivity index (χ3n) is 5.05. The van der Waals surface area contributed by atoms with Crippen molar-refractivity contribution in [1.29, 1.82) is 0 Å². The van der Waals surface area contributed by atoms with Gasteiger partial charge in [0, 0.05) is 47.9 Å². The first kappa shape index (κ1) is 16.5. The minimum absolute atomic E-state index is 0.0336. The molecule has 5 nitrogen and oxygen atoms in total. The molecule has 0 aliphatic carbocycles. The molecule has 3 aromatic rings. The van der Waals surface area contributed by atoms with Crippen LogP contribution in [-0.2, 0) is 13.0 Å². The molecule has 4 rings (SSSR count). The van der Waals surface area contributed by atoms with Gasteiger partial charge in [-0.1, -0.05) is 31.2 Å². The summed E-state index contributed by atoms with van der Waals surface area (Å²) >= 11 is 0. The highest BCUT2D eigenvalue weighted by Crippen LogP contribution is 2.30. The third kappa shape index (κ3) is 3.12. The van der Waals surface area contributed by atoms with Gasteiger partial charge < -0.3 is 19.6 Å². The molecule has 0 saturated carbocycles. The Balaban J connectivity index is 1.45. The largest absolute Gasteiger partial charge is 0.472 e. The molecule has 0 spiro atoms. The zero-order valence-electron chi connectivity index (χ0n) is 14.9. The molecule has 134 valence electrons. The number of hydrogen-bond donors (Lipinski definition) is 2. The van der Waals surface area contributed by atoms with Crippen LogP contribution < -0.4 is 5.32 Å². The van der Waals surface area contributed by atoms with E-state index in [9.17, 15) is 4.79 Å². The first-order chi connectivity index (χ1) is 12.8. The van der Waals surface area contributed by atoms with Crippen LogP contribution in [0.25, 0.3) is 16.5 Å². The van der Waals surface area contributed by atoms with Gasteiger partial charge in [0.1, 0.15) is 0 Å². The van der Waals surface area contributed by atoms with Gasteiger partial charge in [0.25, 0.3) is 0 Å². The average Bonchev–Trinajstić information content (AvgIpc) is 3.35. The normalized spacial score (nSPS) is 14.5. The Morgan fingerprint density at radius 3 is 3.00 bits per heavy atom. The summed E-state index contributed by atoms with van der Waals surface area (Å²) in [5.74, 6) is 0. The molecule has 1 aromatic carbocycles. The zero-order valence-corrected chi connectivity index (χ0v) is 14.9. The molecule has 0 saturated heterocycles. The van der Waals surface area contributed by atoms with Crippen molar-refractivity contribution < 1.29 is 9.21 Å². The van der Waals surface area contributed by atoms with Crippen LogP contribution in [0.1, 0.15) is 30.0 Å². The zero-order chi connectivity index (χ0) is 17.9. The molecule has 2 N–H and O–H groups in total. The highest BCUT2D eigenvalue weighted by molar-refractivity contribution is 5.94. The SMILES string of the molecule is CCc1cccc2c(C3=CCN(C(=O)NCc4ccoc4)CC3)c[nH]c12. The van der Waals surface area contributed by atoms with Crippen LogP contribution in [0.15, 0.2) is 53.5 Å². The molecule has 1 aliphatic rings. The Labute approximate surface area is 152 Å². The van der Waals surface area contributed by atoms with E-state index < -0.39 is 0 Å². The van der Waals surface area contributed by atoms with Gasteiger partial charge in [0.15, 0.2) is 0 Å². The fourth-order valence-corrected chi connectivity index (χ4v) is 3.56. The van der Waals surface area contributed by atoms with E-state index in [4.69, 9.17) is 4.42 Å². The fourth-order valence-electron chi connectivity index (χ4n) is 3.56. The van der Waals surface area contributed by atoms with Crippen molar-refractivity contribution in [3.8, 4) is 0 Å². The molecule has 2 amide bonds. The number of aromatic nitrogens is 1. The van der Waals surface area contributed by atoms with Crippen LogP contribution in [0, 0.1) is 0 Å². The molecule has 0 radical (unpaired) electrons. The lowest BCUT2D eigenvalue weighted by Gasteiger charge is -2.26. The number of benzene rings is 1. The van der Waals surface area contributed by atoms with Crippen LogP contribution in [0.3, 0.4) is 0 Å². The molecule has 0 bridgehead atoms. The van der Waals surface area contributed by atoms with E-state index in [-0.39, 0.29) is 6.03 Å². The molecule has 0 unspecified atom stereocenters. The molecule has 0 fully saturated rings. The number of rotatable bonds is 4. The van der Waals surface area contributed by atoms with E-state index in [1.54, 1.807) is 12.5 Å². The number of nitrogens with one attached hydrogen (secondary N) is 2. The number of H-pyrrole nitrogens is 1. The van der Waals surface area contributed by atoms with Crippen LogP contribution in [0.2, 0.25) is 0 Å². The molecule has 2 aromatic heterocycles. The number of para-hydroxylation sites is 1. The summed E-state index contributed by atoms with van der Waals surface area (Å²) in [7, 11) is 0. The highest BCUT2D eigenvalue weighted by atomic mass is 16.3. The Kier molecular flexibility index (Phi) is 4.52. The molecular weight excluding hydrogens is 326 g/mol. The summed E-state index contributed by atoms with van der Waals surface area (Å²) in [4.78, 5) is 17.6. The number of fused-ring (bicyclic) bond motifs is 1. The first-order valence-corrected chi connectivity index (χ1v) is 9.08. The van der Waals surface area contributed by atoms with Crippen molar-refractivity contribution >= 4 is 22.5 Å². The second-order valence-electron chi connectivity index (χ2n) is 6.61. The number of carbonyl (C=O) groups is 1. The lowest BCUT2D eigenvalue weighted by molar-refractivity contribution is 0.202. The summed E-state index contributed by atoms with van der Waals surface area (Å²) in [5, 5.41) is 4.21. The second kappa shape index (κ2) is 7.12. The summed E-state index contributed by atoms with van der Waals surface area (Å²) in [6.45, 7) is 4.02. The standard InChI is InChI=1S/C21H23N3O2/c1-2-16-4-3-5-18-19(13-22-20(16)18)17-6-9-24(10-7-17)21(25)23-12-15-8-11-26-14-15/h3-6,8,11,13-14,22H,2,7,9-10,12H2,1H3,(H,23,25). The summed E-state index contributed by atoms with van der Waals surface area (Å²) < 4.78 is 5.02. The number of hydrogen-bond acceptors (Lipinski definition) is 2. The van der Waals surface area contributed by atoms with Gasteiger partial charge in [-0.25, -0.2) is 4.79 Å². The smallest absolute Gasteiger partial charge is 0.317 e. The van der Waals surface area contributed by atoms with Crippen LogP contribution in [0.5, 0.6) is 0 Å². The number of urea groups is 1. The predicted octanol–water partition coefficient (Wildman–Crippen LogP) is 4.32. The summed E-state index contributed by atoms with van der Waals surface area (Å²) in [5.41, 5.74) is 6.10. The van der Waals surface area contributed by atoms with Gasteiger partial charge in [-0.15, -0.1) is 0 Å². The number of aromatic amines is 1. The van der Waals surface area contributed by atoms with Crippen LogP contribution >= 0.6 is 0 Å². The van der Waals surface area contributed by atoms with Gasteiger partial charge in [0.05, 0.1) is 12.5 Å². The molecule has 0 atom stereocenters. The van der Waals surface area contributed by atoms with E-state index in [0.717, 1.165) is 24.9 Å². The molecular formula is C21H23N3O2. The number of nitrogens with zero attached hydrogens (tertiary/aromatic N) is 1. The van der Waals surface area contributed by atoms with Crippen molar-refractivity contribution in [2.75, 3.05) is 13.1 Å². The Morgan fingerprint density at radius 2 is 2.27 bits per heavy atom. The lowest BCUT2D eigenvalue weighted by Crippen LogP contribution is -2.41. The molecule has 1 aliphatic heterocycles. The maximum atomic E-state index is 12.3. The topological polar surface area (TPSA) is 61.3 Å². The van der Waals surface area contributed by atoms with Gasteiger partial charge >= 0.3 is 6.03 Å². The second-order valence-corrected chi connectivity index (χ2v) is 6.61.